The molecular formula is C37H45BN2O5. The molecule has 2 heterocycles. The van der Waals surface area contributed by atoms with Crippen molar-refractivity contribution in [1.82, 2.24) is 5.32 Å². The molecule has 6 atom stereocenters. The predicted molar refractivity (Wildman–Crippen MR) is 177 cm³/mol. The van der Waals surface area contributed by atoms with Crippen molar-refractivity contribution in [2.45, 2.75) is 90.0 Å². The van der Waals surface area contributed by atoms with Gasteiger partial charge >= 0.3 is 7.12 Å². The van der Waals surface area contributed by atoms with Crippen LogP contribution in [-0.4, -0.2) is 48.6 Å². The van der Waals surface area contributed by atoms with Crippen molar-refractivity contribution in [2.24, 2.45) is 28.3 Å². The Balaban J connectivity index is 1.08. The lowest BCUT2D eigenvalue weighted by molar-refractivity contribution is -0.199. The van der Waals surface area contributed by atoms with Crippen LogP contribution < -0.4 is 10.1 Å². The van der Waals surface area contributed by atoms with Gasteiger partial charge in [0, 0.05) is 12.8 Å². The summed E-state index contributed by atoms with van der Waals surface area (Å²) in [5.41, 5.74) is 0.417. The van der Waals surface area contributed by atoms with Crippen molar-refractivity contribution >= 4 is 29.5 Å². The van der Waals surface area contributed by atoms with Crippen molar-refractivity contribution < 1.29 is 23.7 Å². The third-order valence-corrected chi connectivity index (χ3v) is 11.1. The Morgan fingerprint density at radius 3 is 2.53 bits per heavy atom. The minimum atomic E-state index is -1.20. The highest BCUT2D eigenvalue weighted by Crippen LogP contribution is 2.65. The third kappa shape index (κ3) is 5.54. The molecule has 0 aromatic heterocycles. The molecule has 2 aliphatic heterocycles. The van der Waals surface area contributed by atoms with Gasteiger partial charge in [0.25, 0.3) is 5.91 Å². The van der Waals surface area contributed by atoms with E-state index in [2.05, 4.69) is 57.2 Å². The standard InChI is InChI=1S/C37H45BN2O5/c1-24(2)17-33(38-43-32-20-28-19-31(35(28,3)4)36(32,5)44-38)39-34(41)37(21-25-11-7-6-8-12-25)22-29(40-45-37)23-42-30-16-15-26-13-9-10-14-27(26)18-30/h6-16,18,24,28,31-33H,17,19-23H2,1-5H3,(H,39,41)/t28-,31-,32+,33-,36-,37?/m0/s1. The zero-order valence-corrected chi connectivity index (χ0v) is 27.1. The number of fused-ring (bicyclic) bond motifs is 1. The fourth-order valence-corrected chi connectivity index (χ4v) is 8.39. The van der Waals surface area contributed by atoms with Gasteiger partial charge in [0.15, 0.2) is 0 Å². The van der Waals surface area contributed by atoms with E-state index in [0.717, 1.165) is 34.9 Å². The van der Waals surface area contributed by atoms with Crippen LogP contribution >= 0.6 is 0 Å². The summed E-state index contributed by atoms with van der Waals surface area (Å²) in [6, 6.07) is 24.2. The Kier molecular flexibility index (Phi) is 7.72. The van der Waals surface area contributed by atoms with Gasteiger partial charge in [-0.25, -0.2) is 0 Å². The average molecular weight is 609 g/mol. The zero-order chi connectivity index (χ0) is 31.4. The van der Waals surface area contributed by atoms with Gasteiger partial charge in [-0.15, -0.1) is 0 Å². The van der Waals surface area contributed by atoms with Crippen molar-refractivity contribution in [3.05, 3.63) is 78.4 Å². The Bertz CT molecular complexity index is 1590. The molecule has 8 heteroatoms. The van der Waals surface area contributed by atoms with Crippen LogP contribution in [0.25, 0.3) is 10.8 Å². The van der Waals surface area contributed by atoms with E-state index >= 15 is 0 Å². The second-order valence-corrected chi connectivity index (χ2v) is 14.9. The summed E-state index contributed by atoms with van der Waals surface area (Å²) in [6.07, 6.45) is 3.70. The summed E-state index contributed by atoms with van der Waals surface area (Å²) in [5.74, 6) is 1.70. The van der Waals surface area contributed by atoms with E-state index < -0.39 is 12.7 Å². The summed E-state index contributed by atoms with van der Waals surface area (Å²) >= 11 is 0. The Hall–Kier alpha value is -3.36. The van der Waals surface area contributed by atoms with Gasteiger partial charge in [0.1, 0.15) is 12.4 Å². The number of nitrogens with zero attached hydrogens (tertiary/aromatic N) is 1. The SMILES string of the molecule is CC(C)C[C@H](NC(=O)C1(Cc2ccccc2)CC(COc2ccc3ccccc3c2)=NO1)B1O[C@@H]2C[C@@H]3C[C@@H](C3(C)C)[C@]2(C)O1. The maximum Gasteiger partial charge on any atom is 0.481 e. The molecule has 3 aromatic carbocycles. The van der Waals surface area contributed by atoms with E-state index in [-0.39, 0.29) is 35.6 Å². The van der Waals surface area contributed by atoms with Crippen LogP contribution in [0.5, 0.6) is 5.75 Å². The average Bonchev–Trinajstić information content (AvgIpc) is 3.61. The molecule has 3 aromatic rings. The van der Waals surface area contributed by atoms with Gasteiger partial charge in [0.2, 0.25) is 5.60 Å². The first-order chi connectivity index (χ1) is 21.6. The molecule has 3 saturated carbocycles. The topological polar surface area (TPSA) is 78.4 Å². The zero-order valence-electron chi connectivity index (χ0n) is 27.1. The molecule has 1 saturated heterocycles. The second kappa shape index (κ2) is 11.5. The predicted octanol–water partition coefficient (Wildman–Crippen LogP) is 6.77. The fraction of sp³-hybridized carbons (Fsp3) is 0.514. The Labute approximate surface area is 267 Å². The van der Waals surface area contributed by atoms with Gasteiger partial charge in [-0.3, -0.25) is 4.79 Å². The summed E-state index contributed by atoms with van der Waals surface area (Å²) in [5, 5.41) is 10.0. The van der Waals surface area contributed by atoms with E-state index in [1.54, 1.807) is 0 Å². The minimum absolute atomic E-state index is 0.0500. The van der Waals surface area contributed by atoms with E-state index in [1.807, 2.05) is 60.7 Å². The summed E-state index contributed by atoms with van der Waals surface area (Å²) in [6.45, 7) is 11.5. The first kappa shape index (κ1) is 30.3. The van der Waals surface area contributed by atoms with E-state index in [9.17, 15) is 4.79 Å². The van der Waals surface area contributed by atoms with Gasteiger partial charge in [0.05, 0.1) is 23.4 Å². The van der Waals surface area contributed by atoms with E-state index in [4.69, 9.17) is 18.9 Å². The Morgan fingerprint density at radius 1 is 1.02 bits per heavy atom. The highest BCUT2D eigenvalue weighted by molar-refractivity contribution is 6.48. The van der Waals surface area contributed by atoms with Crippen LogP contribution in [0.1, 0.15) is 65.9 Å². The van der Waals surface area contributed by atoms with Crippen LogP contribution in [0.3, 0.4) is 0 Å². The quantitative estimate of drug-likeness (QED) is 0.257. The van der Waals surface area contributed by atoms with Crippen LogP contribution in [0.15, 0.2) is 78.0 Å². The lowest BCUT2D eigenvalue weighted by atomic mass is 9.43. The van der Waals surface area contributed by atoms with Crippen molar-refractivity contribution in [2.75, 3.05) is 6.61 Å². The molecule has 8 rings (SSSR count). The second-order valence-electron chi connectivity index (χ2n) is 14.9. The number of hydrogen-bond donors (Lipinski definition) is 1. The molecule has 3 aliphatic carbocycles. The first-order valence-corrected chi connectivity index (χ1v) is 16.6. The largest absolute Gasteiger partial charge is 0.487 e. The molecule has 236 valence electrons. The van der Waals surface area contributed by atoms with Crippen LogP contribution in [-0.2, 0) is 25.4 Å². The number of nitrogens with one attached hydrogen (secondary N) is 1. The molecule has 45 heavy (non-hydrogen) atoms. The number of rotatable bonds is 10. The summed E-state index contributed by atoms with van der Waals surface area (Å²) in [7, 11) is -0.506. The molecule has 1 amide bonds. The molecule has 1 N–H and O–H groups in total. The van der Waals surface area contributed by atoms with Crippen molar-refractivity contribution in [3.8, 4) is 5.75 Å². The highest BCUT2D eigenvalue weighted by atomic mass is 16.7. The normalized spacial score (nSPS) is 30.3. The van der Waals surface area contributed by atoms with Crippen molar-refractivity contribution in [3.63, 3.8) is 0 Å². The van der Waals surface area contributed by atoms with E-state index in [1.165, 1.54) is 6.42 Å². The maximum absolute atomic E-state index is 14.4. The number of hydrogen-bond acceptors (Lipinski definition) is 6. The highest BCUT2D eigenvalue weighted by Gasteiger charge is 2.68. The number of ether oxygens (including phenoxy) is 1. The third-order valence-electron chi connectivity index (χ3n) is 11.1. The van der Waals surface area contributed by atoms with Crippen LogP contribution in [0.2, 0.25) is 0 Å². The van der Waals surface area contributed by atoms with Gasteiger partial charge in [-0.1, -0.05) is 93.5 Å². The number of carbonyl (C=O) groups excluding carboxylic acids is 1. The van der Waals surface area contributed by atoms with E-state index in [0.29, 0.717) is 36.3 Å². The lowest BCUT2D eigenvalue weighted by Crippen LogP contribution is -2.65. The number of benzene rings is 3. The molecule has 0 spiro atoms. The molecule has 0 radical (unpaired) electrons. The summed E-state index contributed by atoms with van der Waals surface area (Å²) < 4.78 is 19.6. The van der Waals surface area contributed by atoms with Crippen molar-refractivity contribution in [1.29, 1.82) is 0 Å². The summed E-state index contributed by atoms with van der Waals surface area (Å²) in [4.78, 5) is 20.5. The fourth-order valence-electron chi connectivity index (χ4n) is 8.39. The van der Waals surface area contributed by atoms with Crippen LogP contribution in [0.4, 0.5) is 0 Å². The number of amides is 1. The maximum atomic E-state index is 14.4. The molecule has 7 nitrogen and oxygen atoms in total. The number of oxime groups is 1. The lowest BCUT2D eigenvalue weighted by Gasteiger charge is -2.64. The van der Waals surface area contributed by atoms with Gasteiger partial charge < -0.3 is 24.2 Å². The monoisotopic (exact) mass is 608 g/mol. The molecular weight excluding hydrogens is 563 g/mol. The first-order valence-electron chi connectivity index (χ1n) is 16.6. The molecule has 1 unspecified atom stereocenters. The molecule has 5 aliphatic rings. The van der Waals surface area contributed by atoms with Crippen LogP contribution in [0, 0.1) is 23.2 Å². The minimum Gasteiger partial charge on any atom is -0.487 e. The van der Waals surface area contributed by atoms with Gasteiger partial charge in [-0.05, 0) is 77.8 Å². The smallest absolute Gasteiger partial charge is 0.481 e. The molecule has 2 bridgehead atoms. The number of carbonyl (C=O) groups is 1. The van der Waals surface area contributed by atoms with Gasteiger partial charge in [-0.2, -0.15) is 0 Å². The Morgan fingerprint density at radius 2 is 1.78 bits per heavy atom. The molecule has 4 fully saturated rings.